The number of hydrogen-bond acceptors (Lipinski definition) is 3. The van der Waals surface area contributed by atoms with Gasteiger partial charge in [-0.3, -0.25) is 4.79 Å². The molecule has 0 aliphatic heterocycles. The van der Waals surface area contributed by atoms with Crippen molar-refractivity contribution in [1.29, 1.82) is 0 Å². The Morgan fingerprint density at radius 2 is 2.31 bits per heavy atom. The van der Waals surface area contributed by atoms with E-state index in [1.807, 2.05) is 32.4 Å². The monoisotopic (exact) mass is 302 g/mol. The SMILES string of the molecule is CSCC(C)N(C)C(=O)c1cccc(Br)n1. The molecule has 1 rings (SSSR count). The molecule has 0 fully saturated rings. The zero-order valence-corrected chi connectivity index (χ0v) is 12.0. The predicted molar refractivity (Wildman–Crippen MR) is 71.9 cm³/mol. The lowest BCUT2D eigenvalue weighted by atomic mass is 10.2. The molecule has 1 atom stereocenters. The van der Waals surface area contributed by atoms with E-state index in [2.05, 4.69) is 20.9 Å². The Balaban J connectivity index is 2.77. The highest BCUT2D eigenvalue weighted by molar-refractivity contribution is 9.10. The molecule has 0 spiro atoms. The molecule has 0 aliphatic rings. The first-order valence-electron chi connectivity index (χ1n) is 4.95. The van der Waals surface area contributed by atoms with Crippen LogP contribution in [0.1, 0.15) is 17.4 Å². The van der Waals surface area contributed by atoms with Crippen LogP contribution in [0.15, 0.2) is 22.8 Å². The fourth-order valence-electron chi connectivity index (χ4n) is 1.26. The summed E-state index contributed by atoms with van der Waals surface area (Å²) in [4.78, 5) is 17.9. The van der Waals surface area contributed by atoms with Crippen LogP contribution in [0.2, 0.25) is 0 Å². The van der Waals surface area contributed by atoms with Crippen molar-refractivity contribution in [2.24, 2.45) is 0 Å². The molecule has 0 aliphatic carbocycles. The normalized spacial score (nSPS) is 12.2. The Labute approximate surface area is 109 Å². The predicted octanol–water partition coefficient (Wildman–Crippen LogP) is 2.67. The van der Waals surface area contributed by atoms with Gasteiger partial charge >= 0.3 is 0 Å². The third-order valence-electron chi connectivity index (χ3n) is 2.32. The summed E-state index contributed by atoms with van der Waals surface area (Å²) in [6.45, 7) is 2.03. The third kappa shape index (κ3) is 3.49. The average Bonchev–Trinajstić information content (AvgIpc) is 2.27. The number of aromatic nitrogens is 1. The van der Waals surface area contributed by atoms with Crippen LogP contribution in [0.4, 0.5) is 0 Å². The summed E-state index contributed by atoms with van der Waals surface area (Å²) >= 11 is 4.99. The van der Waals surface area contributed by atoms with Crippen LogP contribution >= 0.6 is 27.7 Å². The van der Waals surface area contributed by atoms with E-state index in [4.69, 9.17) is 0 Å². The molecule has 3 nitrogen and oxygen atoms in total. The largest absolute Gasteiger partial charge is 0.337 e. The van der Waals surface area contributed by atoms with E-state index < -0.39 is 0 Å². The van der Waals surface area contributed by atoms with Gasteiger partial charge in [0.2, 0.25) is 0 Å². The van der Waals surface area contributed by atoms with Crippen molar-refractivity contribution in [3.8, 4) is 0 Å². The average molecular weight is 303 g/mol. The number of nitrogens with zero attached hydrogens (tertiary/aromatic N) is 2. The summed E-state index contributed by atoms with van der Waals surface area (Å²) in [5.41, 5.74) is 0.477. The minimum absolute atomic E-state index is 0.0390. The number of rotatable bonds is 4. The van der Waals surface area contributed by atoms with E-state index in [-0.39, 0.29) is 11.9 Å². The van der Waals surface area contributed by atoms with E-state index in [0.29, 0.717) is 10.3 Å². The minimum atomic E-state index is -0.0390. The number of carbonyl (C=O) groups is 1. The van der Waals surface area contributed by atoms with Crippen LogP contribution < -0.4 is 0 Å². The maximum Gasteiger partial charge on any atom is 0.272 e. The maximum absolute atomic E-state index is 12.0. The van der Waals surface area contributed by atoms with Crippen molar-refractivity contribution in [3.63, 3.8) is 0 Å². The van der Waals surface area contributed by atoms with Crippen molar-refractivity contribution in [2.45, 2.75) is 13.0 Å². The first kappa shape index (κ1) is 13.5. The topological polar surface area (TPSA) is 33.2 Å². The van der Waals surface area contributed by atoms with Gasteiger partial charge in [-0.05, 0) is 41.2 Å². The number of halogens is 1. The number of thioether (sulfide) groups is 1. The highest BCUT2D eigenvalue weighted by atomic mass is 79.9. The standard InChI is InChI=1S/C11H15BrN2OS/c1-8(7-16-3)14(2)11(15)9-5-4-6-10(12)13-9/h4-6,8H,7H2,1-3H3. The van der Waals surface area contributed by atoms with Gasteiger partial charge in [-0.15, -0.1) is 0 Å². The Kier molecular flexibility index (Phi) is 5.28. The molecule has 1 aromatic rings. The lowest BCUT2D eigenvalue weighted by molar-refractivity contribution is 0.0751. The zero-order valence-electron chi connectivity index (χ0n) is 9.61. The molecule has 1 aromatic heterocycles. The zero-order chi connectivity index (χ0) is 12.1. The van der Waals surface area contributed by atoms with Gasteiger partial charge in [0.25, 0.3) is 5.91 Å². The molecule has 16 heavy (non-hydrogen) atoms. The smallest absolute Gasteiger partial charge is 0.272 e. The van der Waals surface area contributed by atoms with Gasteiger partial charge in [-0.25, -0.2) is 4.98 Å². The quantitative estimate of drug-likeness (QED) is 0.802. The molecule has 1 unspecified atom stereocenters. The fourth-order valence-corrected chi connectivity index (χ4v) is 2.31. The van der Waals surface area contributed by atoms with E-state index >= 15 is 0 Å². The van der Waals surface area contributed by atoms with E-state index in [1.54, 1.807) is 22.7 Å². The Morgan fingerprint density at radius 1 is 1.62 bits per heavy atom. The van der Waals surface area contributed by atoms with Gasteiger partial charge in [0.1, 0.15) is 10.3 Å². The van der Waals surface area contributed by atoms with Crippen LogP contribution in [0.3, 0.4) is 0 Å². The molecule has 0 aromatic carbocycles. The lowest BCUT2D eigenvalue weighted by Gasteiger charge is -2.23. The Hall–Kier alpha value is -0.550. The molecular formula is C11H15BrN2OS. The maximum atomic E-state index is 12.0. The van der Waals surface area contributed by atoms with Crippen molar-refractivity contribution >= 4 is 33.6 Å². The molecule has 0 saturated heterocycles. The Morgan fingerprint density at radius 3 is 2.88 bits per heavy atom. The van der Waals surface area contributed by atoms with Gasteiger partial charge < -0.3 is 4.90 Å². The van der Waals surface area contributed by atoms with Gasteiger partial charge in [0, 0.05) is 18.8 Å². The molecule has 88 valence electrons. The van der Waals surface area contributed by atoms with Crippen LogP contribution in [-0.4, -0.2) is 40.9 Å². The molecule has 0 bridgehead atoms. The second-order valence-corrected chi connectivity index (χ2v) is 5.29. The van der Waals surface area contributed by atoms with Crippen molar-refractivity contribution in [2.75, 3.05) is 19.1 Å². The summed E-state index contributed by atoms with van der Waals surface area (Å²) in [5.74, 6) is 0.888. The van der Waals surface area contributed by atoms with E-state index in [1.165, 1.54) is 0 Å². The summed E-state index contributed by atoms with van der Waals surface area (Å²) in [6.07, 6.45) is 2.03. The number of carbonyl (C=O) groups excluding carboxylic acids is 1. The van der Waals surface area contributed by atoms with Gasteiger partial charge in [0.05, 0.1) is 0 Å². The highest BCUT2D eigenvalue weighted by Gasteiger charge is 2.18. The number of pyridine rings is 1. The Bertz CT molecular complexity index is 373. The molecule has 1 amide bonds. The second kappa shape index (κ2) is 6.25. The summed E-state index contributed by atoms with van der Waals surface area (Å²) in [5, 5.41) is 0. The number of amides is 1. The molecule has 5 heteroatoms. The van der Waals surface area contributed by atoms with Crippen LogP contribution in [0, 0.1) is 0 Å². The van der Waals surface area contributed by atoms with Crippen LogP contribution in [-0.2, 0) is 0 Å². The molecular weight excluding hydrogens is 288 g/mol. The molecule has 0 saturated carbocycles. The number of hydrogen-bond donors (Lipinski definition) is 0. The van der Waals surface area contributed by atoms with Crippen molar-refractivity contribution < 1.29 is 4.79 Å². The van der Waals surface area contributed by atoms with Crippen LogP contribution in [0.5, 0.6) is 0 Å². The fraction of sp³-hybridized carbons (Fsp3) is 0.455. The van der Waals surface area contributed by atoms with Gasteiger partial charge in [-0.2, -0.15) is 11.8 Å². The molecule has 0 radical (unpaired) electrons. The highest BCUT2D eigenvalue weighted by Crippen LogP contribution is 2.11. The van der Waals surface area contributed by atoms with Crippen molar-refractivity contribution in [3.05, 3.63) is 28.5 Å². The second-order valence-electron chi connectivity index (χ2n) is 3.57. The van der Waals surface area contributed by atoms with Crippen molar-refractivity contribution in [1.82, 2.24) is 9.88 Å². The van der Waals surface area contributed by atoms with Crippen LogP contribution in [0.25, 0.3) is 0 Å². The molecule has 0 N–H and O–H groups in total. The third-order valence-corrected chi connectivity index (χ3v) is 3.58. The first-order valence-corrected chi connectivity index (χ1v) is 7.13. The summed E-state index contributed by atoms with van der Waals surface area (Å²) in [6, 6.07) is 5.57. The van der Waals surface area contributed by atoms with E-state index in [0.717, 1.165) is 5.75 Å². The van der Waals surface area contributed by atoms with E-state index in [9.17, 15) is 4.79 Å². The first-order chi connectivity index (χ1) is 7.56. The van der Waals surface area contributed by atoms with Gasteiger partial charge in [-0.1, -0.05) is 6.07 Å². The van der Waals surface area contributed by atoms with Gasteiger partial charge in [0.15, 0.2) is 0 Å². The minimum Gasteiger partial charge on any atom is -0.337 e. The summed E-state index contributed by atoms with van der Waals surface area (Å²) < 4.78 is 0.685. The summed E-state index contributed by atoms with van der Waals surface area (Å²) in [7, 11) is 1.81. The molecule has 1 heterocycles. The lowest BCUT2D eigenvalue weighted by Crippen LogP contribution is -2.37.